The average Bonchev–Trinajstić information content (AvgIpc) is 2.49. The predicted molar refractivity (Wildman–Crippen MR) is 86.0 cm³/mol. The summed E-state index contributed by atoms with van der Waals surface area (Å²) in [4.78, 5) is 2.35. The molecule has 1 rings (SSSR count). The van der Waals surface area contributed by atoms with Crippen LogP contribution in [0.5, 0.6) is 5.75 Å². The van der Waals surface area contributed by atoms with Crippen molar-refractivity contribution in [3.05, 3.63) is 29.8 Å². The molecule has 0 aliphatic rings. The summed E-state index contributed by atoms with van der Waals surface area (Å²) in [7, 11) is 1.67. The van der Waals surface area contributed by atoms with Crippen molar-refractivity contribution in [2.45, 2.75) is 26.7 Å². The quantitative estimate of drug-likeness (QED) is 0.317. The highest BCUT2D eigenvalue weighted by molar-refractivity contribution is 5.79. The summed E-state index contributed by atoms with van der Waals surface area (Å²) in [6.45, 7) is 7.18. The molecule has 5 heteroatoms. The molecule has 0 saturated carbocycles. The van der Waals surface area contributed by atoms with Crippen LogP contribution in [0.25, 0.3) is 0 Å². The number of hydrogen-bond acceptors (Lipinski definition) is 4. The van der Waals surface area contributed by atoms with E-state index in [2.05, 4.69) is 36.0 Å². The van der Waals surface area contributed by atoms with Crippen molar-refractivity contribution in [1.82, 2.24) is 4.90 Å². The monoisotopic (exact) mass is 293 g/mol. The van der Waals surface area contributed by atoms with Crippen molar-refractivity contribution in [3.63, 3.8) is 0 Å². The summed E-state index contributed by atoms with van der Waals surface area (Å²) >= 11 is 0. The van der Waals surface area contributed by atoms with E-state index in [-0.39, 0.29) is 5.84 Å². The first kappa shape index (κ1) is 17.3. The fourth-order valence-corrected chi connectivity index (χ4v) is 2.21. The lowest BCUT2D eigenvalue weighted by molar-refractivity contribution is 0.251. The molecule has 0 saturated heterocycles. The molecule has 21 heavy (non-hydrogen) atoms. The largest absolute Gasteiger partial charge is 0.497 e. The number of nitrogens with zero attached hydrogens (tertiary/aromatic N) is 2. The number of amidine groups is 1. The van der Waals surface area contributed by atoms with Gasteiger partial charge in [-0.3, -0.25) is 0 Å². The second kappa shape index (κ2) is 9.23. The Morgan fingerprint density at radius 2 is 1.95 bits per heavy atom. The molecule has 0 heterocycles. The molecule has 3 N–H and O–H groups in total. The summed E-state index contributed by atoms with van der Waals surface area (Å²) in [5.41, 5.74) is 6.84. The molecule has 0 unspecified atom stereocenters. The van der Waals surface area contributed by atoms with Gasteiger partial charge < -0.3 is 20.6 Å². The van der Waals surface area contributed by atoms with Crippen LogP contribution >= 0.6 is 0 Å². The van der Waals surface area contributed by atoms with Gasteiger partial charge in [0.25, 0.3) is 0 Å². The maximum absolute atomic E-state index is 8.62. The molecule has 118 valence electrons. The Labute approximate surface area is 127 Å². The van der Waals surface area contributed by atoms with Gasteiger partial charge in [-0.1, -0.05) is 31.1 Å². The van der Waals surface area contributed by atoms with Gasteiger partial charge in [0.15, 0.2) is 0 Å². The van der Waals surface area contributed by atoms with Gasteiger partial charge in [-0.25, -0.2) is 0 Å². The van der Waals surface area contributed by atoms with Gasteiger partial charge in [0.2, 0.25) is 0 Å². The Morgan fingerprint density at radius 1 is 1.29 bits per heavy atom. The molecule has 0 atom stereocenters. The first-order valence-corrected chi connectivity index (χ1v) is 7.36. The Morgan fingerprint density at radius 3 is 2.48 bits per heavy atom. The first-order valence-electron chi connectivity index (χ1n) is 7.36. The van der Waals surface area contributed by atoms with Crippen LogP contribution in [-0.2, 0) is 6.42 Å². The minimum Gasteiger partial charge on any atom is -0.497 e. The van der Waals surface area contributed by atoms with Gasteiger partial charge in [-0.05, 0) is 30.0 Å². The van der Waals surface area contributed by atoms with Crippen molar-refractivity contribution in [3.8, 4) is 5.75 Å². The van der Waals surface area contributed by atoms with E-state index in [1.54, 1.807) is 7.11 Å². The van der Waals surface area contributed by atoms with Gasteiger partial charge >= 0.3 is 0 Å². The number of oxime groups is 1. The molecule has 0 aliphatic carbocycles. The first-order chi connectivity index (χ1) is 10.0. The summed E-state index contributed by atoms with van der Waals surface area (Å²) in [6, 6.07) is 8.16. The van der Waals surface area contributed by atoms with Gasteiger partial charge in [-0.2, -0.15) is 0 Å². The Balaban J connectivity index is 2.50. The molecule has 0 bridgehead atoms. The lowest BCUT2D eigenvalue weighted by atomic mass is 10.1. The van der Waals surface area contributed by atoms with Gasteiger partial charge in [0, 0.05) is 26.1 Å². The number of methoxy groups -OCH3 is 1. The maximum atomic E-state index is 8.62. The molecule has 0 amide bonds. The van der Waals surface area contributed by atoms with E-state index in [9.17, 15) is 0 Å². The minimum absolute atomic E-state index is 0.285. The molecular formula is C16H27N3O2. The van der Waals surface area contributed by atoms with Crippen molar-refractivity contribution in [2.75, 3.05) is 26.7 Å². The smallest absolute Gasteiger partial charge is 0.140 e. The summed E-state index contributed by atoms with van der Waals surface area (Å²) < 4.78 is 5.16. The summed E-state index contributed by atoms with van der Waals surface area (Å²) in [5, 5.41) is 11.7. The van der Waals surface area contributed by atoms with Crippen molar-refractivity contribution >= 4 is 5.84 Å². The van der Waals surface area contributed by atoms with E-state index in [4.69, 9.17) is 15.7 Å². The topological polar surface area (TPSA) is 71.1 Å². The van der Waals surface area contributed by atoms with E-state index in [1.807, 2.05) is 12.1 Å². The van der Waals surface area contributed by atoms with Crippen LogP contribution in [0.2, 0.25) is 0 Å². The van der Waals surface area contributed by atoms with E-state index in [0.29, 0.717) is 12.3 Å². The fraction of sp³-hybridized carbons (Fsp3) is 0.562. The maximum Gasteiger partial charge on any atom is 0.140 e. The standard InChI is InChI=1S/C16H27N3O2/c1-13(2)12-19(11-9-16(17)18-20)10-8-14-4-6-15(21-3)7-5-14/h4-7,13,20H,8-12H2,1-3H3,(H2,17,18). The molecule has 0 spiro atoms. The summed E-state index contributed by atoms with van der Waals surface area (Å²) in [5.74, 6) is 1.76. The van der Waals surface area contributed by atoms with Crippen LogP contribution in [0, 0.1) is 5.92 Å². The number of hydrogen-bond donors (Lipinski definition) is 2. The lowest BCUT2D eigenvalue weighted by Crippen LogP contribution is -2.33. The average molecular weight is 293 g/mol. The second-order valence-electron chi connectivity index (χ2n) is 5.63. The lowest BCUT2D eigenvalue weighted by Gasteiger charge is -2.24. The molecule has 5 nitrogen and oxygen atoms in total. The number of benzene rings is 1. The normalized spacial score (nSPS) is 12.1. The van der Waals surface area contributed by atoms with Gasteiger partial charge in [-0.15, -0.1) is 0 Å². The number of nitrogens with two attached hydrogens (primary N) is 1. The molecule has 0 aliphatic heterocycles. The number of rotatable bonds is 9. The molecule has 0 radical (unpaired) electrons. The summed E-state index contributed by atoms with van der Waals surface area (Å²) in [6.07, 6.45) is 1.57. The minimum atomic E-state index is 0.285. The molecular weight excluding hydrogens is 266 g/mol. The van der Waals surface area contributed by atoms with E-state index in [0.717, 1.165) is 31.8 Å². The zero-order chi connectivity index (χ0) is 15.7. The predicted octanol–water partition coefficient (Wildman–Crippen LogP) is 2.33. The van der Waals surface area contributed by atoms with Crippen LogP contribution in [0.3, 0.4) is 0 Å². The van der Waals surface area contributed by atoms with Crippen molar-refractivity contribution in [1.29, 1.82) is 0 Å². The van der Waals surface area contributed by atoms with Crippen molar-refractivity contribution < 1.29 is 9.94 Å². The van der Waals surface area contributed by atoms with Crippen LogP contribution in [-0.4, -0.2) is 42.7 Å². The third-order valence-electron chi connectivity index (χ3n) is 3.31. The van der Waals surface area contributed by atoms with Crippen LogP contribution < -0.4 is 10.5 Å². The van der Waals surface area contributed by atoms with Crippen molar-refractivity contribution in [2.24, 2.45) is 16.8 Å². The molecule has 0 aromatic heterocycles. The van der Waals surface area contributed by atoms with E-state index in [1.165, 1.54) is 5.56 Å². The second-order valence-corrected chi connectivity index (χ2v) is 5.63. The molecule has 1 aromatic rings. The SMILES string of the molecule is COc1ccc(CCN(CCC(N)=NO)CC(C)C)cc1. The molecule has 0 fully saturated rings. The highest BCUT2D eigenvalue weighted by atomic mass is 16.5. The Hall–Kier alpha value is -1.75. The van der Waals surface area contributed by atoms with Crippen LogP contribution in [0.15, 0.2) is 29.4 Å². The Kier molecular flexibility index (Phi) is 7.61. The zero-order valence-electron chi connectivity index (χ0n) is 13.2. The van der Waals surface area contributed by atoms with Crippen LogP contribution in [0.1, 0.15) is 25.8 Å². The Bertz CT molecular complexity index is 430. The zero-order valence-corrected chi connectivity index (χ0v) is 13.2. The van der Waals surface area contributed by atoms with E-state index < -0.39 is 0 Å². The molecule has 1 aromatic carbocycles. The fourth-order valence-electron chi connectivity index (χ4n) is 2.21. The van der Waals surface area contributed by atoms with Crippen LogP contribution in [0.4, 0.5) is 0 Å². The third kappa shape index (κ3) is 6.99. The third-order valence-corrected chi connectivity index (χ3v) is 3.31. The number of ether oxygens (including phenoxy) is 1. The van der Waals surface area contributed by atoms with Gasteiger partial charge in [0.1, 0.15) is 11.6 Å². The highest BCUT2D eigenvalue weighted by Gasteiger charge is 2.09. The van der Waals surface area contributed by atoms with E-state index >= 15 is 0 Å². The van der Waals surface area contributed by atoms with Gasteiger partial charge in [0.05, 0.1) is 7.11 Å². The highest BCUT2D eigenvalue weighted by Crippen LogP contribution is 2.12.